The average Bonchev–Trinajstić information content (AvgIpc) is 2.60. The molecule has 23 heavy (non-hydrogen) atoms. The highest BCUT2D eigenvalue weighted by Crippen LogP contribution is 2.22. The largest absolute Gasteiger partial charge is 0.491 e. The molecule has 0 spiro atoms. The number of carbonyl (C=O) groups excluding carboxylic acids is 1. The van der Waals surface area contributed by atoms with Crippen molar-refractivity contribution in [1.29, 1.82) is 0 Å². The highest BCUT2D eigenvalue weighted by molar-refractivity contribution is 5.94. The summed E-state index contributed by atoms with van der Waals surface area (Å²) >= 11 is 0. The van der Waals surface area contributed by atoms with Gasteiger partial charge in [0.1, 0.15) is 0 Å². The monoisotopic (exact) mass is 311 g/mol. The molecule has 2 aromatic rings. The van der Waals surface area contributed by atoms with Crippen molar-refractivity contribution in [3.05, 3.63) is 59.4 Å². The maximum atomic E-state index is 12.4. The molecule has 2 N–H and O–H groups in total. The van der Waals surface area contributed by atoms with E-state index in [1.807, 2.05) is 13.0 Å². The molecule has 3 rings (SSSR count). The number of nitrogens with zero attached hydrogens (tertiary/aromatic N) is 1. The summed E-state index contributed by atoms with van der Waals surface area (Å²) in [6.07, 6.45) is 2.63. The Hall–Kier alpha value is -2.40. The maximum Gasteiger partial charge on any atom is 0.273 e. The quantitative estimate of drug-likeness (QED) is 0.887. The lowest BCUT2D eigenvalue weighted by Gasteiger charge is -2.27. The van der Waals surface area contributed by atoms with Crippen molar-refractivity contribution < 1.29 is 9.53 Å². The minimum absolute atomic E-state index is 0.128. The molecule has 1 aromatic heterocycles. The van der Waals surface area contributed by atoms with E-state index in [1.165, 1.54) is 11.1 Å². The highest BCUT2D eigenvalue weighted by atomic mass is 16.5. The summed E-state index contributed by atoms with van der Waals surface area (Å²) in [4.78, 5) is 16.6. The third-order valence-electron chi connectivity index (χ3n) is 3.97. The molecule has 5 nitrogen and oxygen atoms in total. The van der Waals surface area contributed by atoms with Gasteiger partial charge in [-0.3, -0.25) is 4.79 Å². The molecular formula is C18H21N3O2. The maximum absolute atomic E-state index is 12.4. The predicted molar refractivity (Wildman–Crippen MR) is 88.6 cm³/mol. The van der Waals surface area contributed by atoms with E-state index in [9.17, 15) is 4.79 Å². The Kier molecular flexibility index (Phi) is 4.88. The van der Waals surface area contributed by atoms with Crippen LogP contribution in [0.15, 0.2) is 42.6 Å². The first kappa shape index (κ1) is 15.5. The average molecular weight is 311 g/mol. The number of benzene rings is 1. The van der Waals surface area contributed by atoms with Gasteiger partial charge in [0, 0.05) is 18.8 Å². The molecule has 120 valence electrons. The van der Waals surface area contributed by atoms with Crippen LogP contribution in [0.4, 0.5) is 0 Å². The summed E-state index contributed by atoms with van der Waals surface area (Å²) in [5.74, 6) is 0.309. The fourth-order valence-corrected chi connectivity index (χ4v) is 2.89. The van der Waals surface area contributed by atoms with Gasteiger partial charge in [0.25, 0.3) is 5.91 Å². The van der Waals surface area contributed by atoms with E-state index < -0.39 is 0 Å². The van der Waals surface area contributed by atoms with E-state index in [4.69, 9.17) is 4.74 Å². The van der Waals surface area contributed by atoms with E-state index in [0.29, 0.717) is 24.6 Å². The van der Waals surface area contributed by atoms with Gasteiger partial charge in [-0.1, -0.05) is 24.3 Å². The van der Waals surface area contributed by atoms with Crippen LogP contribution < -0.4 is 15.4 Å². The van der Waals surface area contributed by atoms with Gasteiger partial charge in [0.05, 0.1) is 6.61 Å². The first-order chi connectivity index (χ1) is 11.3. The Balaban J connectivity index is 1.69. The standard InChI is InChI=1S/C18H21N3O2/c1-2-23-16-8-5-10-20-17(16)18(22)21-12-15-14-7-4-3-6-13(14)9-11-19-15/h3-8,10,15,19H,2,9,11-12H2,1H3,(H,21,22). The van der Waals surface area contributed by atoms with Crippen LogP contribution in [0, 0.1) is 0 Å². The number of pyridine rings is 1. The van der Waals surface area contributed by atoms with Crippen LogP contribution in [0.25, 0.3) is 0 Å². The molecule has 0 aliphatic carbocycles. The van der Waals surface area contributed by atoms with E-state index in [2.05, 4.69) is 33.8 Å². The fourth-order valence-electron chi connectivity index (χ4n) is 2.89. The summed E-state index contributed by atoms with van der Waals surface area (Å²) in [7, 11) is 0. The molecule has 0 saturated heterocycles. The number of ether oxygens (including phenoxy) is 1. The Bertz CT molecular complexity index is 687. The second-order valence-electron chi connectivity index (χ2n) is 5.45. The van der Waals surface area contributed by atoms with Crippen LogP contribution in [0.2, 0.25) is 0 Å². The van der Waals surface area contributed by atoms with Crippen molar-refractivity contribution in [3.63, 3.8) is 0 Å². The molecule has 1 atom stereocenters. The SMILES string of the molecule is CCOc1cccnc1C(=O)NCC1NCCc2ccccc21. The van der Waals surface area contributed by atoms with Crippen LogP contribution in [-0.4, -0.2) is 30.6 Å². The lowest BCUT2D eigenvalue weighted by Crippen LogP contribution is -2.39. The Morgan fingerprint density at radius 3 is 3.09 bits per heavy atom. The van der Waals surface area contributed by atoms with Crippen molar-refractivity contribution >= 4 is 5.91 Å². The summed E-state index contributed by atoms with van der Waals surface area (Å²) in [6.45, 7) is 3.84. The number of carbonyl (C=O) groups is 1. The van der Waals surface area contributed by atoms with Crippen molar-refractivity contribution in [2.75, 3.05) is 19.7 Å². The zero-order chi connectivity index (χ0) is 16.1. The molecule has 1 amide bonds. The number of fused-ring (bicyclic) bond motifs is 1. The molecular weight excluding hydrogens is 290 g/mol. The van der Waals surface area contributed by atoms with Gasteiger partial charge in [-0.25, -0.2) is 4.98 Å². The number of aromatic nitrogens is 1. The number of rotatable bonds is 5. The van der Waals surface area contributed by atoms with Crippen molar-refractivity contribution in [1.82, 2.24) is 15.6 Å². The van der Waals surface area contributed by atoms with Crippen LogP contribution in [-0.2, 0) is 6.42 Å². The van der Waals surface area contributed by atoms with E-state index >= 15 is 0 Å². The zero-order valence-electron chi connectivity index (χ0n) is 13.2. The van der Waals surface area contributed by atoms with Crippen LogP contribution >= 0.6 is 0 Å². The summed E-state index contributed by atoms with van der Waals surface area (Å²) < 4.78 is 5.47. The first-order valence-electron chi connectivity index (χ1n) is 7.96. The molecule has 0 fully saturated rings. The Labute approximate surface area is 136 Å². The van der Waals surface area contributed by atoms with Gasteiger partial charge < -0.3 is 15.4 Å². The Morgan fingerprint density at radius 2 is 2.22 bits per heavy atom. The molecule has 1 unspecified atom stereocenters. The van der Waals surface area contributed by atoms with Gasteiger partial charge >= 0.3 is 0 Å². The van der Waals surface area contributed by atoms with Crippen LogP contribution in [0.3, 0.4) is 0 Å². The molecule has 1 aliphatic heterocycles. The summed E-state index contributed by atoms with van der Waals surface area (Å²) in [6, 6.07) is 12.0. The normalized spacial score (nSPS) is 16.5. The molecule has 1 aliphatic rings. The minimum atomic E-state index is -0.209. The topological polar surface area (TPSA) is 63.2 Å². The molecule has 2 heterocycles. The van der Waals surface area contributed by atoms with Gasteiger partial charge in [0.15, 0.2) is 11.4 Å². The van der Waals surface area contributed by atoms with Crippen LogP contribution in [0.5, 0.6) is 5.75 Å². The smallest absolute Gasteiger partial charge is 0.273 e. The predicted octanol–water partition coefficient (Wildman–Crippen LogP) is 2.10. The molecule has 5 heteroatoms. The molecule has 0 saturated carbocycles. The lowest BCUT2D eigenvalue weighted by molar-refractivity contribution is 0.0940. The highest BCUT2D eigenvalue weighted by Gasteiger charge is 2.21. The summed E-state index contributed by atoms with van der Waals surface area (Å²) in [5, 5.41) is 6.42. The second kappa shape index (κ2) is 7.24. The minimum Gasteiger partial charge on any atom is -0.491 e. The van der Waals surface area contributed by atoms with Crippen molar-refractivity contribution in [3.8, 4) is 5.75 Å². The van der Waals surface area contributed by atoms with E-state index in [1.54, 1.807) is 18.3 Å². The summed E-state index contributed by atoms with van der Waals surface area (Å²) in [5.41, 5.74) is 2.93. The van der Waals surface area contributed by atoms with E-state index in [0.717, 1.165) is 13.0 Å². The fraction of sp³-hybridized carbons (Fsp3) is 0.333. The number of nitrogens with one attached hydrogen (secondary N) is 2. The van der Waals surface area contributed by atoms with Crippen molar-refractivity contribution in [2.45, 2.75) is 19.4 Å². The molecule has 1 aromatic carbocycles. The number of hydrogen-bond donors (Lipinski definition) is 2. The van der Waals surface area contributed by atoms with Crippen molar-refractivity contribution in [2.24, 2.45) is 0 Å². The first-order valence-corrected chi connectivity index (χ1v) is 7.96. The lowest BCUT2D eigenvalue weighted by atomic mass is 9.94. The zero-order valence-corrected chi connectivity index (χ0v) is 13.2. The third-order valence-corrected chi connectivity index (χ3v) is 3.97. The van der Waals surface area contributed by atoms with Gasteiger partial charge in [-0.15, -0.1) is 0 Å². The van der Waals surface area contributed by atoms with E-state index in [-0.39, 0.29) is 11.9 Å². The second-order valence-corrected chi connectivity index (χ2v) is 5.45. The van der Waals surface area contributed by atoms with Crippen LogP contribution in [0.1, 0.15) is 34.6 Å². The van der Waals surface area contributed by atoms with Gasteiger partial charge in [-0.2, -0.15) is 0 Å². The third kappa shape index (κ3) is 3.51. The van der Waals surface area contributed by atoms with Gasteiger partial charge in [0.2, 0.25) is 0 Å². The number of hydrogen-bond acceptors (Lipinski definition) is 4. The van der Waals surface area contributed by atoms with Gasteiger partial charge in [-0.05, 0) is 43.1 Å². The number of amides is 1. The Morgan fingerprint density at radius 1 is 1.35 bits per heavy atom. The molecule has 0 bridgehead atoms. The molecule has 0 radical (unpaired) electrons.